The number of benzene rings is 1. The van der Waals surface area contributed by atoms with Crippen molar-refractivity contribution in [3.05, 3.63) is 53.7 Å². The summed E-state index contributed by atoms with van der Waals surface area (Å²) < 4.78 is 0. The number of hydrogen-bond acceptors (Lipinski definition) is 3. The summed E-state index contributed by atoms with van der Waals surface area (Å²) in [6, 6.07) is 10.8. The lowest BCUT2D eigenvalue weighted by Gasteiger charge is -2.32. The lowest BCUT2D eigenvalue weighted by molar-refractivity contribution is -0.130. The van der Waals surface area contributed by atoms with Crippen molar-refractivity contribution in [1.29, 1.82) is 0 Å². The van der Waals surface area contributed by atoms with E-state index >= 15 is 0 Å². The third kappa shape index (κ3) is 4.24. The molecular formula is C20H22N2O3. The molecule has 0 radical (unpaired) electrons. The number of nitrogens with zero attached hydrogens (tertiary/aromatic N) is 2. The average molecular weight is 338 g/mol. The summed E-state index contributed by atoms with van der Waals surface area (Å²) in [5.41, 5.74) is 3.21. The quantitative estimate of drug-likeness (QED) is 0.929. The van der Waals surface area contributed by atoms with Crippen LogP contribution in [0.25, 0.3) is 11.3 Å². The van der Waals surface area contributed by atoms with Gasteiger partial charge in [0.2, 0.25) is 5.91 Å². The van der Waals surface area contributed by atoms with Gasteiger partial charge in [0.05, 0.1) is 11.3 Å². The first-order valence-electron chi connectivity index (χ1n) is 8.57. The second-order valence-electron chi connectivity index (χ2n) is 6.61. The summed E-state index contributed by atoms with van der Waals surface area (Å²) in [6.45, 7) is 3.32. The Morgan fingerprint density at radius 2 is 2.00 bits per heavy atom. The highest BCUT2D eigenvalue weighted by atomic mass is 16.4. The number of amides is 1. The molecule has 1 aliphatic rings. The number of pyridine rings is 1. The molecule has 1 saturated heterocycles. The maximum absolute atomic E-state index is 11.6. The number of carbonyl (C=O) groups excluding carboxylic acids is 1. The van der Waals surface area contributed by atoms with E-state index in [9.17, 15) is 9.59 Å². The fourth-order valence-corrected chi connectivity index (χ4v) is 3.39. The first-order chi connectivity index (χ1) is 12.0. The Kier molecular flexibility index (Phi) is 5.12. The number of carboxylic acids is 1. The van der Waals surface area contributed by atoms with Gasteiger partial charge in [0.25, 0.3) is 0 Å². The second kappa shape index (κ2) is 7.47. The fraction of sp³-hybridized carbons (Fsp3) is 0.350. The van der Waals surface area contributed by atoms with Gasteiger partial charge in [-0.1, -0.05) is 12.1 Å². The molecule has 0 spiro atoms. The first kappa shape index (κ1) is 17.1. The van der Waals surface area contributed by atoms with Crippen LogP contribution in [-0.2, 0) is 11.2 Å². The van der Waals surface area contributed by atoms with Crippen LogP contribution in [-0.4, -0.2) is 40.0 Å². The van der Waals surface area contributed by atoms with Gasteiger partial charge >= 0.3 is 5.97 Å². The molecule has 1 N–H and O–H groups in total. The molecule has 2 heterocycles. The number of carbonyl (C=O) groups is 2. The van der Waals surface area contributed by atoms with Gasteiger partial charge in [-0.05, 0) is 55.0 Å². The molecule has 3 rings (SSSR count). The molecular weight excluding hydrogens is 316 g/mol. The minimum absolute atomic E-state index is 0.152. The van der Waals surface area contributed by atoms with Crippen LogP contribution in [0.5, 0.6) is 0 Å². The zero-order valence-electron chi connectivity index (χ0n) is 14.3. The summed E-state index contributed by atoms with van der Waals surface area (Å²) in [4.78, 5) is 28.9. The number of likely N-dealkylation sites (tertiary alicyclic amines) is 1. The molecule has 1 amide bonds. The van der Waals surface area contributed by atoms with E-state index in [2.05, 4.69) is 11.1 Å². The SMILES string of the molecule is CC(=O)N1CCCC(Cc2ccnc(-c3ccc(C(=O)O)cc3)c2)C1. The summed E-state index contributed by atoms with van der Waals surface area (Å²) in [5.74, 6) is -0.304. The van der Waals surface area contributed by atoms with E-state index in [0.717, 1.165) is 43.6 Å². The van der Waals surface area contributed by atoms with Crippen LogP contribution >= 0.6 is 0 Å². The Morgan fingerprint density at radius 1 is 1.24 bits per heavy atom. The van der Waals surface area contributed by atoms with Gasteiger partial charge in [0.1, 0.15) is 0 Å². The second-order valence-corrected chi connectivity index (χ2v) is 6.61. The van der Waals surface area contributed by atoms with Crippen LogP contribution in [0, 0.1) is 5.92 Å². The van der Waals surface area contributed by atoms with Crippen LogP contribution < -0.4 is 0 Å². The smallest absolute Gasteiger partial charge is 0.335 e. The van der Waals surface area contributed by atoms with Crippen molar-refractivity contribution in [1.82, 2.24) is 9.88 Å². The molecule has 1 fully saturated rings. The molecule has 2 aromatic rings. The van der Waals surface area contributed by atoms with Crippen LogP contribution in [0.15, 0.2) is 42.6 Å². The van der Waals surface area contributed by atoms with Crippen molar-refractivity contribution in [2.24, 2.45) is 5.92 Å². The third-order valence-corrected chi connectivity index (χ3v) is 4.74. The maximum Gasteiger partial charge on any atom is 0.335 e. The molecule has 25 heavy (non-hydrogen) atoms. The van der Waals surface area contributed by atoms with E-state index < -0.39 is 5.97 Å². The Labute approximate surface area is 147 Å². The summed E-state index contributed by atoms with van der Waals surface area (Å²) in [7, 11) is 0. The summed E-state index contributed by atoms with van der Waals surface area (Å²) in [5, 5.41) is 8.99. The van der Waals surface area contributed by atoms with E-state index in [1.165, 1.54) is 5.56 Å². The Hall–Kier alpha value is -2.69. The molecule has 130 valence electrons. The Morgan fingerprint density at radius 3 is 2.68 bits per heavy atom. The highest BCUT2D eigenvalue weighted by Gasteiger charge is 2.21. The van der Waals surface area contributed by atoms with Gasteiger partial charge in [-0.25, -0.2) is 4.79 Å². The highest BCUT2D eigenvalue weighted by Crippen LogP contribution is 2.24. The molecule has 0 aliphatic carbocycles. The summed E-state index contributed by atoms with van der Waals surface area (Å²) in [6.07, 6.45) is 4.90. The molecule has 0 saturated carbocycles. The van der Waals surface area contributed by atoms with Crippen molar-refractivity contribution < 1.29 is 14.7 Å². The molecule has 1 aromatic carbocycles. The predicted molar refractivity (Wildman–Crippen MR) is 95.3 cm³/mol. The van der Waals surface area contributed by atoms with E-state index in [0.29, 0.717) is 5.92 Å². The molecule has 1 atom stereocenters. The van der Waals surface area contributed by atoms with Gasteiger partial charge in [0, 0.05) is 31.8 Å². The zero-order valence-corrected chi connectivity index (χ0v) is 14.3. The first-order valence-corrected chi connectivity index (χ1v) is 8.57. The van der Waals surface area contributed by atoms with Crippen molar-refractivity contribution in [3.63, 3.8) is 0 Å². The van der Waals surface area contributed by atoms with Crippen molar-refractivity contribution in [2.45, 2.75) is 26.2 Å². The van der Waals surface area contributed by atoms with E-state index in [-0.39, 0.29) is 11.5 Å². The topological polar surface area (TPSA) is 70.5 Å². The number of aromatic carboxylic acids is 1. The lowest BCUT2D eigenvalue weighted by atomic mass is 9.91. The molecule has 1 aromatic heterocycles. The van der Waals surface area contributed by atoms with Gasteiger partial charge in [0.15, 0.2) is 0 Å². The molecule has 1 aliphatic heterocycles. The van der Waals surface area contributed by atoms with Crippen molar-refractivity contribution in [2.75, 3.05) is 13.1 Å². The number of aromatic nitrogens is 1. The number of piperidine rings is 1. The predicted octanol–water partition coefficient (Wildman–Crippen LogP) is 3.25. The zero-order chi connectivity index (χ0) is 17.8. The third-order valence-electron chi connectivity index (χ3n) is 4.74. The van der Waals surface area contributed by atoms with Crippen LogP contribution in [0.3, 0.4) is 0 Å². The average Bonchev–Trinajstić information content (AvgIpc) is 2.62. The normalized spacial score (nSPS) is 17.3. The Balaban J connectivity index is 1.73. The minimum Gasteiger partial charge on any atom is -0.478 e. The van der Waals surface area contributed by atoms with Crippen molar-refractivity contribution >= 4 is 11.9 Å². The molecule has 5 nitrogen and oxygen atoms in total. The van der Waals surface area contributed by atoms with Gasteiger partial charge in [-0.15, -0.1) is 0 Å². The largest absolute Gasteiger partial charge is 0.478 e. The van der Waals surface area contributed by atoms with Crippen LogP contribution in [0.4, 0.5) is 0 Å². The van der Waals surface area contributed by atoms with E-state index in [1.54, 1.807) is 37.4 Å². The van der Waals surface area contributed by atoms with Crippen LogP contribution in [0.2, 0.25) is 0 Å². The van der Waals surface area contributed by atoms with Crippen molar-refractivity contribution in [3.8, 4) is 11.3 Å². The Bertz CT molecular complexity index is 771. The molecule has 5 heteroatoms. The number of carboxylic acid groups (broad SMARTS) is 1. The number of hydrogen-bond donors (Lipinski definition) is 1. The van der Waals surface area contributed by atoms with Gasteiger partial charge in [-0.2, -0.15) is 0 Å². The van der Waals surface area contributed by atoms with E-state index in [4.69, 9.17) is 5.11 Å². The molecule has 0 bridgehead atoms. The lowest BCUT2D eigenvalue weighted by Crippen LogP contribution is -2.39. The van der Waals surface area contributed by atoms with Gasteiger partial charge < -0.3 is 10.0 Å². The standard InChI is InChI=1S/C20H22N2O3/c1-14(23)22-10-2-3-16(13-22)11-15-8-9-21-19(12-15)17-4-6-18(7-5-17)20(24)25/h4-9,12,16H,2-3,10-11,13H2,1H3,(H,24,25). The monoisotopic (exact) mass is 338 g/mol. The highest BCUT2D eigenvalue weighted by molar-refractivity contribution is 5.88. The summed E-state index contributed by atoms with van der Waals surface area (Å²) >= 11 is 0. The minimum atomic E-state index is -0.930. The number of rotatable bonds is 4. The maximum atomic E-state index is 11.6. The van der Waals surface area contributed by atoms with E-state index in [1.807, 2.05) is 11.0 Å². The van der Waals surface area contributed by atoms with Crippen LogP contribution in [0.1, 0.15) is 35.7 Å². The molecule has 1 unspecified atom stereocenters. The van der Waals surface area contributed by atoms with Gasteiger partial charge in [-0.3, -0.25) is 9.78 Å². The fourth-order valence-electron chi connectivity index (χ4n) is 3.39.